The summed E-state index contributed by atoms with van der Waals surface area (Å²) in [6, 6.07) is 11.5. The van der Waals surface area contributed by atoms with E-state index in [0.29, 0.717) is 10.5 Å². The molecule has 0 fully saturated rings. The van der Waals surface area contributed by atoms with Gasteiger partial charge in [0, 0.05) is 4.47 Å². The second kappa shape index (κ2) is 8.26. The second-order valence-corrected chi connectivity index (χ2v) is 8.40. The summed E-state index contributed by atoms with van der Waals surface area (Å²) in [6.45, 7) is 0. The van der Waals surface area contributed by atoms with Crippen molar-refractivity contribution in [2.45, 2.75) is 4.90 Å². The van der Waals surface area contributed by atoms with E-state index in [4.69, 9.17) is 0 Å². The zero-order valence-corrected chi connectivity index (χ0v) is 16.8. The van der Waals surface area contributed by atoms with Crippen LogP contribution in [-0.4, -0.2) is 14.3 Å². The number of benzene rings is 3. The number of hydrogen-bond donors (Lipinski definition) is 2. The number of carbonyl (C=O) groups excluding carboxylic acids is 1. The maximum atomic E-state index is 14.3. The van der Waals surface area contributed by atoms with E-state index in [1.54, 1.807) is 0 Å². The van der Waals surface area contributed by atoms with Gasteiger partial charge in [-0.05, 0) is 48.5 Å². The lowest BCUT2D eigenvalue weighted by atomic mass is 10.2. The molecule has 0 heterocycles. The van der Waals surface area contributed by atoms with Gasteiger partial charge in [-0.3, -0.25) is 9.52 Å². The summed E-state index contributed by atoms with van der Waals surface area (Å²) in [4.78, 5) is 11.6. The van der Waals surface area contributed by atoms with Crippen molar-refractivity contribution in [1.82, 2.24) is 0 Å². The van der Waals surface area contributed by atoms with Crippen LogP contribution in [0.2, 0.25) is 0 Å². The third-order valence-corrected chi connectivity index (χ3v) is 5.65. The molecule has 0 aliphatic heterocycles. The Labute approximate surface area is 172 Å². The third kappa shape index (κ3) is 4.77. The van der Waals surface area contributed by atoms with Crippen molar-refractivity contribution in [2.75, 3.05) is 10.0 Å². The van der Waals surface area contributed by atoms with Gasteiger partial charge in [-0.2, -0.15) is 0 Å². The van der Waals surface area contributed by atoms with Crippen molar-refractivity contribution < 1.29 is 26.4 Å². The van der Waals surface area contributed by atoms with E-state index in [1.807, 2.05) is 4.72 Å². The van der Waals surface area contributed by atoms with Crippen molar-refractivity contribution >= 4 is 43.2 Å². The largest absolute Gasteiger partial charge is 0.319 e. The Morgan fingerprint density at radius 3 is 2.14 bits per heavy atom. The number of hydrogen-bond acceptors (Lipinski definition) is 3. The molecule has 0 atom stereocenters. The fourth-order valence-corrected chi connectivity index (χ4v) is 3.79. The molecule has 0 unspecified atom stereocenters. The lowest BCUT2D eigenvalue weighted by Gasteiger charge is -2.11. The van der Waals surface area contributed by atoms with Gasteiger partial charge in [0.25, 0.3) is 15.9 Å². The number of halogens is 4. The van der Waals surface area contributed by atoms with E-state index in [0.717, 1.165) is 24.3 Å². The van der Waals surface area contributed by atoms with Gasteiger partial charge in [-0.1, -0.05) is 28.1 Å². The molecule has 0 aliphatic rings. The first-order valence-electron chi connectivity index (χ1n) is 8.01. The van der Waals surface area contributed by atoms with E-state index in [2.05, 4.69) is 21.2 Å². The van der Waals surface area contributed by atoms with Gasteiger partial charge in [0.05, 0.1) is 21.8 Å². The van der Waals surface area contributed by atoms with Gasteiger partial charge in [0.1, 0.15) is 17.5 Å². The Balaban J connectivity index is 1.83. The van der Waals surface area contributed by atoms with Crippen LogP contribution in [0.5, 0.6) is 0 Å². The number of anilines is 2. The van der Waals surface area contributed by atoms with Crippen molar-refractivity contribution in [3.05, 3.63) is 88.2 Å². The fourth-order valence-electron chi connectivity index (χ4n) is 2.38. The number of carbonyl (C=O) groups is 1. The molecule has 1 amide bonds. The van der Waals surface area contributed by atoms with Crippen LogP contribution in [0, 0.1) is 17.5 Å². The van der Waals surface area contributed by atoms with Crippen molar-refractivity contribution in [2.24, 2.45) is 0 Å². The van der Waals surface area contributed by atoms with E-state index >= 15 is 0 Å². The predicted octanol–water partition coefficient (Wildman–Crippen LogP) is 4.92. The molecule has 0 saturated heterocycles. The Morgan fingerprint density at radius 1 is 0.828 bits per heavy atom. The zero-order chi connectivity index (χ0) is 21.2. The maximum Gasteiger partial charge on any atom is 0.262 e. The smallest absolute Gasteiger partial charge is 0.262 e. The first-order chi connectivity index (χ1) is 13.7. The Hall–Kier alpha value is -2.85. The summed E-state index contributed by atoms with van der Waals surface area (Å²) < 4.78 is 69.1. The Morgan fingerprint density at radius 2 is 1.48 bits per heavy atom. The van der Waals surface area contributed by atoms with Gasteiger partial charge in [-0.25, -0.2) is 21.6 Å². The molecule has 0 bridgehead atoms. The summed E-state index contributed by atoms with van der Waals surface area (Å²) >= 11 is 3.05. The summed E-state index contributed by atoms with van der Waals surface area (Å²) in [7, 11) is -4.29. The van der Waals surface area contributed by atoms with Gasteiger partial charge in [-0.15, -0.1) is 0 Å². The van der Waals surface area contributed by atoms with Gasteiger partial charge >= 0.3 is 0 Å². The molecule has 10 heteroatoms. The number of rotatable bonds is 5. The molecule has 5 nitrogen and oxygen atoms in total. The minimum absolute atomic E-state index is 0.295. The average molecular weight is 485 g/mol. The molecule has 29 heavy (non-hydrogen) atoms. The molecule has 0 saturated carbocycles. The standard InChI is InChI=1S/C19H12BrF3N2O3S/c20-11-5-7-18(15(22)9-11)25-29(27,28)12-6-8-17(16(23)10-12)24-19(26)13-3-1-2-4-14(13)21/h1-10,25H,(H,24,26). The zero-order valence-electron chi connectivity index (χ0n) is 14.4. The van der Waals surface area contributed by atoms with E-state index in [1.165, 1.54) is 30.3 Å². The highest BCUT2D eigenvalue weighted by Gasteiger charge is 2.20. The van der Waals surface area contributed by atoms with Gasteiger partial charge < -0.3 is 5.32 Å². The van der Waals surface area contributed by atoms with Crippen LogP contribution in [-0.2, 0) is 10.0 Å². The maximum absolute atomic E-state index is 14.3. The Kier molecular flexibility index (Phi) is 5.94. The number of amides is 1. The second-order valence-electron chi connectivity index (χ2n) is 5.81. The number of nitrogens with one attached hydrogen (secondary N) is 2. The minimum atomic E-state index is -4.29. The van der Waals surface area contributed by atoms with Crippen LogP contribution in [0.1, 0.15) is 10.4 Å². The molecular weight excluding hydrogens is 473 g/mol. The minimum Gasteiger partial charge on any atom is -0.319 e. The highest BCUT2D eigenvalue weighted by atomic mass is 79.9. The van der Waals surface area contributed by atoms with Crippen molar-refractivity contribution in [3.63, 3.8) is 0 Å². The Bertz CT molecular complexity index is 1200. The van der Waals surface area contributed by atoms with E-state index < -0.39 is 38.3 Å². The van der Waals surface area contributed by atoms with E-state index in [9.17, 15) is 26.4 Å². The predicted molar refractivity (Wildman–Crippen MR) is 106 cm³/mol. The van der Waals surface area contributed by atoms with Crippen LogP contribution >= 0.6 is 15.9 Å². The molecule has 3 aromatic rings. The van der Waals surface area contributed by atoms with Crippen LogP contribution in [0.4, 0.5) is 24.5 Å². The van der Waals surface area contributed by atoms with E-state index in [-0.39, 0.29) is 16.9 Å². The van der Waals surface area contributed by atoms with Crippen LogP contribution in [0.25, 0.3) is 0 Å². The lowest BCUT2D eigenvalue weighted by Crippen LogP contribution is -2.16. The van der Waals surface area contributed by atoms with Crippen molar-refractivity contribution in [1.29, 1.82) is 0 Å². The molecular formula is C19H12BrF3N2O3S. The topological polar surface area (TPSA) is 75.3 Å². The van der Waals surface area contributed by atoms with Crippen LogP contribution < -0.4 is 10.0 Å². The normalized spacial score (nSPS) is 11.2. The highest BCUT2D eigenvalue weighted by molar-refractivity contribution is 9.10. The molecule has 2 N–H and O–H groups in total. The van der Waals surface area contributed by atoms with Gasteiger partial charge in [0.2, 0.25) is 0 Å². The lowest BCUT2D eigenvalue weighted by molar-refractivity contribution is 0.102. The molecule has 3 rings (SSSR count). The first-order valence-corrected chi connectivity index (χ1v) is 10.3. The summed E-state index contributed by atoms with van der Waals surface area (Å²) in [5, 5.41) is 2.18. The molecule has 0 aromatic heterocycles. The van der Waals surface area contributed by atoms with Crippen LogP contribution in [0.3, 0.4) is 0 Å². The molecule has 3 aromatic carbocycles. The monoisotopic (exact) mass is 484 g/mol. The molecule has 0 spiro atoms. The van der Waals surface area contributed by atoms with Crippen LogP contribution in [0.15, 0.2) is 70.0 Å². The summed E-state index contributed by atoms with van der Waals surface area (Å²) in [5.41, 5.74) is -0.950. The summed E-state index contributed by atoms with van der Waals surface area (Å²) in [6.07, 6.45) is 0. The third-order valence-electron chi connectivity index (χ3n) is 3.79. The fraction of sp³-hybridized carbons (Fsp3) is 0. The molecule has 0 aliphatic carbocycles. The summed E-state index contributed by atoms with van der Waals surface area (Å²) in [5.74, 6) is -3.57. The van der Waals surface area contributed by atoms with Gasteiger partial charge in [0.15, 0.2) is 0 Å². The number of sulfonamides is 1. The van der Waals surface area contributed by atoms with Crippen molar-refractivity contribution in [3.8, 4) is 0 Å². The SMILES string of the molecule is O=C(Nc1ccc(S(=O)(=O)Nc2ccc(Br)cc2F)cc1F)c1ccccc1F. The molecule has 150 valence electrons. The first kappa shape index (κ1) is 20.9. The highest BCUT2D eigenvalue weighted by Crippen LogP contribution is 2.25. The average Bonchev–Trinajstić information content (AvgIpc) is 2.66. The quantitative estimate of drug-likeness (QED) is 0.539. The molecule has 0 radical (unpaired) electrons.